The third-order valence-electron chi connectivity index (χ3n) is 4.89. The lowest BCUT2D eigenvalue weighted by molar-refractivity contribution is -0.124. The SMILES string of the molecule is CC1(NC(=O)CN2CCN(Cc3ccccn3)CC2)CCS(=O)(=O)C1. The Hall–Kier alpha value is -1.51. The van der Waals surface area contributed by atoms with E-state index in [0.29, 0.717) is 13.0 Å². The second-order valence-corrected chi connectivity index (χ2v) is 9.51. The van der Waals surface area contributed by atoms with Gasteiger partial charge in [0.25, 0.3) is 0 Å². The summed E-state index contributed by atoms with van der Waals surface area (Å²) >= 11 is 0. The zero-order valence-corrected chi connectivity index (χ0v) is 15.5. The third-order valence-corrected chi connectivity index (χ3v) is 6.79. The molecule has 138 valence electrons. The van der Waals surface area contributed by atoms with Gasteiger partial charge in [0.15, 0.2) is 9.84 Å². The lowest BCUT2D eigenvalue weighted by Crippen LogP contribution is -2.53. The quantitative estimate of drug-likeness (QED) is 0.783. The number of piperazine rings is 1. The maximum atomic E-state index is 12.3. The predicted molar refractivity (Wildman–Crippen MR) is 95.8 cm³/mol. The van der Waals surface area contributed by atoms with Crippen LogP contribution in [0, 0.1) is 0 Å². The average Bonchev–Trinajstić information content (AvgIpc) is 2.83. The lowest BCUT2D eigenvalue weighted by Gasteiger charge is -2.34. The third kappa shape index (κ3) is 5.23. The Labute approximate surface area is 149 Å². The van der Waals surface area contributed by atoms with E-state index in [-0.39, 0.29) is 17.4 Å². The molecular weight excluding hydrogens is 340 g/mol. The molecule has 2 fully saturated rings. The fraction of sp³-hybridized carbons (Fsp3) is 0.647. The number of pyridine rings is 1. The molecule has 3 heterocycles. The number of hydrogen-bond donors (Lipinski definition) is 1. The van der Waals surface area contributed by atoms with Gasteiger partial charge < -0.3 is 5.32 Å². The van der Waals surface area contributed by atoms with Crippen molar-refractivity contribution in [3.05, 3.63) is 30.1 Å². The topological polar surface area (TPSA) is 82.6 Å². The lowest BCUT2D eigenvalue weighted by atomic mass is 10.0. The van der Waals surface area contributed by atoms with Gasteiger partial charge in [-0.3, -0.25) is 19.6 Å². The van der Waals surface area contributed by atoms with Crippen molar-refractivity contribution in [2.75, 3.05) is 44.2 Å². The highest BCUT2D eigenvalue weighted by Crippen LogP contribution is 2.22. The van der Waals surface area contributed by atoms with Crippen molar-refractivity contribution in [2.45, 2.75) is 25.4 Å². The molecule has 0 saturated carbocycles. The Balaban J connectivity index is 1.42. The van der Waals surface area contributed by atoms with E-state index < -0.39 is 15.4 Å². The highest BCUT2D eigenvalue weighted by Gasteiger charge is 2.39. The van der Waals surface area contributed by atoms with Crippen LogP contribution in [0.5, 0.6) is 0 Å². The smallest absolute Gasteiger partial charge is 0.234 e. The van der Waals surface area contributed by atoms with Crippen LogP contribution in [0.2, 0.25) is 0 Å². The fourth-order valence-electron chi connectivity index (χ4n) is 3.51. The minimum absolute atomic E-state index is 0.0452. The summed E-state index contributed by atoms with van der Waals surface area (Å²) in [5, 5.41) is 2.93. The van der Waals surface area contributed by atoms with Crippen molar-refractivity contribution in [1.29, 1.82) is 0 Å². The number of nitrogens with one attached hydrogen (secondary N) is 1. The summed E-state index contributed by atoms with van der Waals surface area (Å²) < 4.78 is 23.3. The Morgan fingerprint density at radius 2 is 1.96 bits per heavy atom. The molecule has 0 aliphatic carbocycles. The summed E-state index contributed by atoms with van der Waals surface area (Å²) in [6.45, 7) is 6.43. The molecule has 0 aromatic carbocycles. The summed E-state index contributed by atoms with van der Waals surface area (Å²) in [5.74, 6) is 0.123. The van der Waals surface area contributed by atoms with E-state index in [4.69, 9.17) is 0 Å². The highest BCUT2D eigenvalue weighted by atomic mass is 32.2. The van der Waals surface area contributed by atoms with Gasteiger partial charge in [-0.25, -0.2) is 8.42 Å². The number of hydrogen-bond acceptors (Lipinski definition) is 6. The van der Waals surface area contributed by atoms with Gasteiger partial charge in [-0.15, -0.1) is 0 Å². The van der Waals surface area contributed by atoms with Crippen LogP contribution in [0.15, 0.2) is 24.4 Å². The number of amides is 1. The van der Waals surface area contributed by atoms with Crippen molar-refractivity contribution < 1.29 is 13.2 Å². The summed E-state index contributed by atoms with van der Waals surface area (Å²) in [6, 6.07) is 5.93. The number of carbonyl (C=O) groups excluding carboxylic acids is 1. The Morgan fingerprint density at radius 3 is 2.56 bits per heavy atom. The second kappa shape index (κ2) is 7.39. The van der Waals surface area contributed by atoms with Gasteiger partial charge in [-0.2, -0.15) is 0 Å². The number of rotatable bonds is 5. The molecule has 1 N–H and O–H groups in total. The van der Waals surface area contributed by atoms with Crippen LogP contribution in [0.25, 0.3) is 0 Å². The Kier molecular flexibility index (Phi) is 5.41. The summed E-state index contributed by atoms with van der Waals surface area (Å²) in [6.07, 6.45) is 2.30. The molecule has 1 amide bonds. The number of aromatic nitrogens is 1. The van der Waals surface area contributed by atoms with E-state index in [2.05, 4.69) is 20.1 Å². The molecule has 2 aliphatic rings. The molecular formula is C17H26N4O3S. The van der Waals surface area contributed by atoms with Crippen molar-refractivity contribution in [2.24, 2.45) is 0 Å². The minimum Gasteiger partial charge on any atom is -0.349 e. The molecule has 2 saturated heterocycles. The number of sulfone groups is 1. The summed E-state index contributed by atoms with van der Waals surface area (Å²) in [7, 11) is -3.01. The first-order valence-corrected chi connectivity index (χ1v) is 10.5. The van der Waals surface area contributed by atoms with E-state index in [0.717, 1.165) is 38.4 Å². The van der Waals surface area contributed by atoms with E-state index in [9.17, 15) is 13.2 Å². The first kappa shape index (κ1) is 18.3. The van der Waals surface area contributed by atoms with Crippen LogP contribution < -0.4 is 5.32 Å². The molecule has 25 heavy (non-hydrogen) atoms. The van der Waals surface area contributed by atoms with Crippen LogP contribution >= 0.6 is 0 Å². The monoisotopic (exact) mass is 366 g/mol. The first-order valence-electron chi connectivity index (χ1n) is 8.70. The van der Waals surface area contributed by atoms with Crippen LogP contribution in [-0.4, -0.2) is 78.9 Å². The molecule has 0 bridgehead atoms. The average molecular weight is 366 g/mol. The van der Waals surface area contributed by atoms with E-state index >= 15 is 0 Å². The van der Waals surface area contributed by atoms with Gasteiger partial charge in [0.2, 0.25) is 5.91 Å². The van der Waals surface area contributed by atoms with Crippen molar-refractivity contribution in [3.63, 3.8) is 0 Å². The van der Waals surface area contributed by atoms with Gasteiger partial charge >= 0.3 is 0 Å². The molecule has 1 atom stereocenters. The zero-order valence-electron chi connectivity index (χ0n) is 14.6. The second-order valence-electron chi connectivity index (χ2n) is 7.32. The first-order chi connectivity index (χ1) is 11.8. The number of nitrogens with zero attached hydrogens (tertiary/aromatic N) is 3. The Morgan fingerprint density at radius 1 is 1.24 bits per heavy atom. The van der Waals surface area contributed by atoms with Gasteiger partial charge in [-0.05, 0) is 25.5 Å². The zero-order chi connectivity index (χ0) is 17.9. The summed E-state index contributed by atoms with van der Waals surface area (Å²) in [4.78, 5) is 21.1. The minimum atomic E-state index is -3.01. The van der Waals surface area contributed by atoms with Gasteiger partial charge in [-0.1, -0.05) is 6.07 Å². The van der Waals surface area contributed by atoms with Crippen molar-refractivity contribution in [1.82, 2.24) is 20.1 Å². The molecule has 1 aromatic heterocycles. The molecule has 7 nitrogen and oxygen atoms in total. The molecule has 1 unspecified atom stereocenters. The van der Waals surface area contributed by atoms with Crippen molar-refractivity contribution >= 4 is 15.7 Å². The summed E-state index contributed by atoms with van der Waals surface area (Å²) in [5.41, 5.74) is 0.445. The highest BCUT2D eigenvalue weighted by molar-refractivity contribution is 7.91. The maximum Gasteiger partial charge on any atom is 0.234 e. The molecule has 1 aromatic rings. The van der Waals surface area contributed by atoms with Crippen LogP contribution in [0.3, 0.4) is 0 Å². The maximum absolute atomic E-state index is 12.3. The fourth-order valence-corrected chi connectivity index (χ4v) is 5.61. The predicted octanol–water partition coefficient (Wildman–Crippen LogP) is -0.107. The molecule has 0 spiro atoms. The van der Waals surface area contributed by atoms with E-state index in [1.54, 1.807) is 6.20 Å². The van der Waals surface area contributed by atoms with Crippen LogP contribution in [0.4, 0.5) is 0 Å². The van der Waals surface area contributed by atoms with Gasteiger partial charge in [0.1, 0.15) is 0 Å². The van der Waals surface area contributed by atoms with E-state index in [1.807, 2.05) is 25.1 Å². The molecule has 8 heteroatoms. The van der Waals surface area contributed by atoms with Crippen molar-refractivity contribution in [3.8, 4) is 0 Å². The van der Waals surface area contributed by atoms with Crippen LogP contribution in [-0.2, 0) is 21.2 Å². The molecule has 2 aliphatic heterocycles. The normalized spacial score (nSPS) is 27.2. The molecule has 3 rings (SSSR count). The van der Waals surface area contributed by atoms with Gasteiger partial charge in [0, 0.05) is 38.9 Å². The largest absolute Gasteiger partial charge is 0.349 e. The Bertz CT molecular complexity index is 702. The van der Waals surface area contributed by atoms with Crippen LogP contribution in [0.1, 0.15) is 19.0 Å². The number of carbonyl (C=O) groups is 1. The standard InChI is InChI=1S/C17H26N4O3S/c1-17(5-11-25(23,24)14-17)19-16(22)13-21-9-7-20(8-10-21)12-15-4-2-3-6-18-15/h2-4,6H,5,7-14H2,1H3,(H,19,22). The van der Waals surface area contributed by atoms with E-state index in [1.165, 1.54) is 0 Å². The van der Waals surface area contributed by atoms with Gasteiger partial charge in [0.05, 0.1) is 29.3 Å². The molecule has 0 radical (unpaired) electrons.